The molecule has 0 spiro atoms. The van der Waals surface area contributed by atoms with E-state index < -0.39 is 11.7 Å². The van der Waals surface area contributed by atoms with Crippen molar-refractivity contribution in [2.45, 2.75) is 12.2 Å². The van der Waals surface area contributed by atoms with Gasteiger partial charge in [-0.15, -0.1) is 0 Å². The molecular weight excluding hydrogens is 181 g/mol. The van der Waals surface area contributed by atoms with Crippen molar-refractivity contribution >= 4 is 10.2 Å². The minimum absolute atomic E-state index is 0.546. The molecule has 0 aliphatic heterocycles. The van der Waals surface area contributed by atoms with E-state index in [0.29, 0.717) is 0 Å². The van der Waals surface area contributed by atoms with Gasteiger partial charge in [0.15, 0.2) is 0 Å². The predicted molar refractivity (Wildman–Crippen MR) is 45.1 cm³/mol. The van der Waals surface area contributed by atoms with Gasteiger partial charge >= 0.3 is 6.18 Å². The normalized spacial score (nSPS) is 11.9. The third-order valence-electron chi connectivity index (χ3n) is 1.66. The second kappa shape index (κ2) is 3.31. The van der Waals surface area contributed by atoms with E-state index in [1.54, 1.807) is 6.07 Å². The molecule has 66 valence electrons. The molecule has 1 rings (SSSR count). The van der Waals surface area contributed by atoms with E-state index in [-0.39, 0.29) is 0 Å². The summed E-state index contributed by atoms with van der Waals surface area (Å²) >= 11 is 0. The predicted octanol–water partition coefficient (Wildman–Crippen LogP) is 1.57. The Labute approximate surface area is 71.8 Å². The van der Waals surface area contributed by atoms with Gasteiger partial charge in [-0.2, -0.15) is 13.2 Å². The average molecular weight is 190 g/mol. The molecular formula is C8H9F3Si. The van der Waals surface area contributed by atoms with Crippen LogP contribution in [0, 0.1) is 0 Å². The van der Waals surface area contributed by atoms with Crippen molar-refractivity contribution < 1.29 is 13.2 Å². The van der Waals surface area contributed by atoms with E-state index in [1.807, 2.05) is 0 Å². The fraction of sp³-hybridized carbons (Fsp3) is 0.250. The Morgan fingerprint density at radius 2 is 1.92 bits per heavy atom. The van der Waals surface area contributed by atoms with Crippen molar-refractivity contribution in [3.8, 4) is 0 Å². The summed E-state index contributed by atoms with van der Waals surface area (Å²) < 4.78 is 36.3. The second-order valence-corrected chi connectivity index (χ2v) is 3.26. The van der Waals surface area contributed by atoms with E-state index in [2.05, 4.69) is 0 Å². The van der Waals surface area contributed by atoms with Gasteiger partial charge < -0.3 is 0 Å². The Bertz CT molecular complexity index is 267. The highest BCUT2D eigenvalue weighted by atomic mass is 28.1. The highest BCUT2D eigenvalue weighted by Gasteiger charge is 2.30. The number of halogens is 3. The summed E-state index contributed by atoms with van der Waals surface area (Å²) in [7, 11) is 0.894. The lowest BCUT2D eigenvalue weighted by Gasteiger charge is -2.06. The fourth-order valence-corrected chi connectivity index (χ4v) is 1.41. The van der Waals surface area contributed by atoms with Gasteiger partial charge in [-0.05, 0) is 12.1 Å². The van der Waals surface area contributed by atoms with Crippen LogP contribution in [0.5, 0.6) is 0 Å². The Hall–Kier alpha value is -0.773. The Morgan fingerprint density at radius 3 is 2.42 bits per heavy atom. The van der Waals surface area contributed by atoms with Gasteiger partial charge in [-0.25, -0.2) is 0 Å². The standard InChI is InChI=1S/C8H9F3Si/c9-8(10,11)7-3-1-2-6(4-7)5-12/h1-4H,5H2,12H3. The van der Waals surface area contributed by atoms with Crippen molar-refractivity contribution in [3.63, 3.8) is 0 Å². The maximum atomic E-state index is 12.1. The van der Waals surface area contributed by atoms with Crippen LogP contribution in [0.25, 0.3) is 0 Å². The molecule has 0 saturated heterocycles. The SMILES string of the molecule is FC(F)(F)c1cccc(C[SiH3])c1. The summed E-state index contributed by atoms with van der Waals surface area (Å²) in [5.74, 6) is 0. The molecule has 0 bridgehead atoms. The van der Waals surface area contributed by atoms with Crippen LogP contribution in [-0.2, 0) is 12.2 Å². The van der Waals surface area contributed by atoms with Gasteiger partial charge in [0.2, 0.25) is 0 Å². The summed E-state index contributed by atoms with van der Waals surface area (Å²) in [6.45, 7) is 0. The molecule has 12 heavy (non-hydrogen) atoms. The molecule has 1 aromatic rings. The first-order valence-corrected chi connectivity index (χ1v) is 5.11. The number of hydrogen-bond acceptors (Lipinski definition) is 0. The average Bonchev–Trinajstić information content (AvgIpc) is 2.03. The van der Waals surface area contributed by atoms with Gasteiger partial charge in [-0.3, -0.25) is 0 Å². The zero-order valence-electron chi connectivity index (χ0n) is 6.65. The van der Waals surface area contributed by atoms with Crippen LogP contribution < -0.4 is 0 Å². The quantitative estimate of drug-likeness (QED) is 0.590. The number of rotatable bonds is 1. The fourth-order valence-electron chi connectivity index (χ4n) is 0.968. The molecule has 0 N–H and O–H groups in total. The third kappa shape index (κ3) is 2.10. The lowest BCUT2D eigenvalue weighted by atomic mass is 10.1. The zero-order chi connectivity index (χ0) is 9.19. The van der Waals surface area contributed by atoms with Gasteiger partial charge in [0.1, 0.15) is 0 Å². The molecule has 1 aromatic carbocycles. The Kier molecular flexibility index (Phi) is 2.57. The second-order valence-electron chi connectivity index (χ2n) is 2.55. The largest absolute Gasteiger partial charge is 0.416 e. The molecule has 0 radical (unpaired) electrons. The Morgan fingerprint density at radius 1 is 1.25 bits per heavy atom. The molecule has 0 fully saturated rings. The van der Waals surface area contributed by atoms with Gasteiger partial charge in [0, 0.05) is 10.2 Å². The summed E-state index contributed by atoms with van der Waals surface area (Å²) in [5.41, 5.74) is 0.229. The van der Waals surface area contributed by atoms with Crippen molar-refractivity contribution in [3.05, 3.63) is 35.4 Å². The number of hydrogen-bond donors (Lipinski definition) is 0. The first-order chi connectivity index (χ1) is 5.54. The minimum atomic E-state index is -4.20. The summed E-state index contributed by atoms with van der Waals surface area (Å²) in [5, 5.41) is 0. The molecule has 0 amide bonds. The minimum Gasteiger partial charge on any atom is -0.166 e. The van der Waals surface area contributed by atoms with Crippen LogP contribution in [0.3, 0.4) is 0 Å². The Balaban J connectivity index is 3.02. The van der Waals surface area contributed by atoms with Gasteiger partial charge in [-0.1, -0.05) is 23.8 Å². The molecule has 0 heterocycles. The van der Waals surface area contributed by atoms with Gasteiger partial charge in [0.25, 0.3) is 0 Å². The monoisotopic (exact) mass is 190 g/mol. The number of alkyl halides is 3. The van der Waals surface area contributed by atoms with Crippen molar-refractivity contribution in [1.82, 2.24) is 0 Å². The highest BCUT2D eigenvalue weighted by molar-refractivity contribution is 6.08. The molecule has 0 aromatic heterocycles. The topological polar surface area (TPSA) is 0 Å². The van der Waals surface area contributed by atoms with Crippen LogP contribution >= 0.6 is 0 Å². The van der Waals surface area contributed by atoms with Crippen LogP contribution in [0.2, 0.25) is 0 Å². The first kappa shape index (κ1) is 9.32. The van der Waals surface area contributed by atoms with E-state index in [4.69, 9.17) is 0 Å². The van der Waals surface area contributed by atoms with E-state index in [9.17, 15) is 13.2 Å². The molecule has 4 heteroatoms. The molecule has 0 aliphatic rings. The zero-order valence-corrected chi connectivity index (χ0v) is 8.65. The molecule has 0 unspecified atom stereocenters. The van der Waals surface area contributed by atoms with E-state index in [0.717, 1.165) is 27.9 Å². The molecule has 0 atom stereocenters. The first-order valence-electron chi connectivity index (χ1n) is 3.70. The van der Waals surface area contributed by atoms with Crippen LogP contribution in [0.4, 0.5) is 13.2 Å². The summed E-state index contributed by atoms with van der Waals surface area (Å²) in [6, 6.07) is 6.26. The lowest BCUT2D eigenvalue weighted by molar-refractivity contribution is -0.137. The molecule has 0 saturated carbocycles. The van der Waals surface area contributed by atoms with E-state index in [1.165, 1.54) is 12.1 Å². The molecule has 0 nitrogen and oxygen atoms in total. The highest BCUT2D eigenvalue weighted by Crippen LogP contribution is 2.29. The maximum Gasteiger partial charge on any atom is 0.416 e. The number of benzene rings is 1. The molecule has 0 aliphatic carbocycles. The van der Waals surface area contributed by atoms with Crippen LogP contribution in [0.1, 0.15) is 11.1 Å². The smallest absolute Gasteiger partial charge is 0.166 e. The van der Waals surface area contributed by atoms with Crippen LogP contribution in [0.15, 0.2) is 24.3 Å². The third-order valence-corrected chi connectivity index (χ3v) is 2.48. The van der Waals surface area contributed by atoms with Crippen LogP contribution in [-0.4, -0.2) is 10.2 Å². The summed E-state index contributed by atoms with van der Waals surface area (Å²) in [6.07, 6.45) is -4.20. The van der Waals surface area contributed by atoms with Crippen molar-refractivity contribution in [2.24, 2.45) is 0 Å². The summed E-state index contributed by atoms with van der Waals surface area (Å²) in [4.78, 5) is 0. The maximum absolute atomic E-state index is 12.1. The van der Waals surface area contributed by atoms with Crippen molar-refractivity contribution in [1.29, 1.82) is 0 Å². The van der Waals surface area contributed by atoms with Crippen molar-refractivity contribution in [2.75, 3.05) is 0 Å². The lowest BCUT2D eigenvalue weighted by Crippen LogP contribution is -2.05. The van der Waals surface area contributed by atoms with E-state index >= 15 is 0 Å². The van der Waals surface area contributed by atoms with Gasteiger partial charge in [0.05, 0.1) is 5.56 Å².